The van der Waals surface area contributed by atoms with Gasteiger partial charge in [-0.25, -0.2) is 4.98 Å². The van der Waals surface area contributed by atoms with Gasteiger partial charge in [0.2, 0.25) is 0 Å². The third-order valence-corrected chi connectivity index (χ3v) is 3.72. The Bertz CT molecular complexity index is 639. The summed E-state index contributed by atoms with van der Waals surface area (Å²) < 4.78 is 6.30. The number of amides is 1. The minimum Gasteiger partial charge on any atom is -0.493 e. The lowest BCUT2D eigenvalue weighted by molar-refractivity contribution is 0.102. The lowest BCUT2D eigenvalue weighted by Gasteiger charge is -2.08. The lowest BCUT2D eigenvalue weighted by atomic mass is 10.2. The van der Waals surface area contributed by atoms with Gasteiger partial charge in [0.15, 0.2) is 0 Å². The molecule has 1 aromatic carbocycles. The van der Waals surface area contributed by atoms with E-state index in [0.29, 0.717) is 10.2 Å². The van der Waals surface area contributed by atoms with Gasteiger partial charge < -0.3 is 10.1 Å². The van der Waals surface area contributed by atoms with Crippen molar-refractivity contribution in [3.63, 3.8) is 0 Å². The molecule has 1 fully saturated rings. The molecule has 1 heterocycles. The number of aromatic nitrogens is 1. The molecular weight excluding hydrogens is 332 g/mol. The number of carbonyl (C=O) groups excluding carboxylic acids is 1. The summed E-state index contributed by atoms with van der Waals surface area (Å²) in [5.41, 5.74) is 1.30. The molecule has 4 nitrogen and oxygen atoms in total. The van der Waals surface area contributed by atoms with Crippen molar-refractivity contribution >= 4 is 27.5 Å². The fraction of sp³-hybridized carbons (Fsp3) is 0.250. The van der Waals surface area contributed by atoms with E-state index in [9.17, 15) is 4.79 Å². The summed E-state index contributed by atoms with van der Waals surface area (Å²) >= 11 is 3.25. The van der Waals surface area contributed by atoms with Crippen molar-refractivity contribution in [1.29, 1.82) is 0 Å². The molecule has 1 N–H and O–H groups in total. The maximum atomic E-state index is 12.1. The number of pyridine rings is 1. The molecule has 108 valence electrons. The molecule has 0 saturated heterocycles. The van der Waals surface area contributed by atoms with Crippen molar-refractivity contribution < 1.29 is 9.53 Å². The van der Waals surface area contributed by atoms with E-state index < -0.39 is 0 Å². The van der Waals surface area contributed by atoms with Gasteiger partial charge in [0.1, 0.15) is 10.4 Å². The second-order valence-electron chi connectivity index (χ2n) is 5.10. The molecule has 2 aromatic rings. The molecule has 1 aliphatic rings. The van der Waals surface area contributed by atoms with Crippen LogP contribution < -0.4 is 10.1 Å². The average molecular weight is 347 g/mol. The van der Waals surface area contributed by atoms with Crippen LogP contribution in [0.4, 0.5) is 5.69 Å². The van der Waals surface area contributed by atoms with Crippen LogP contribution in [-0.4, -0.2) is 17.5 Å². The van der Waals surface area contributed by atoms with Gasteiger partial charge in [0.05, 0.1) is 6.61 Å². The van der Waals surface area contributed by atoms with Gasteiger partial charge in [0.25, 0.3) is 5.91 Å². The summed E-state index contributed by atoms with van der Waals surface area (Å²) in [6.07, 6.45) is 4.14. The van der Waals surface area contributed by atoms with Gasteiger partial charge in [-0.05, 0) is 71.1 Å². The monoisotopic (exact) mass is 346 g/mol. The third kappa shape index (κ3) is 4.04. The predicted molar refractivity (Wildman–Crippen MR) is 84.6 cm³/mol. The molecule has 0 radical (unpaired) electrons. The van der Waals surface area contributed by atoms with E-state index in [1.54, 1.807) is 18.3 Å². The Kier molecular flexibility index (Phi) is 4.20. The van der Waals surface area contributed by atoms with Crippen LogP contribution in [0.25, 0.3) is 0 Å². The summed E-state index contributed by atoms with van der Waals surface area (Å²) in [5, 5.41) is 2.85. The largest absolute Gasteiger partial charge is 0.493 e. The molecule has 3 rings (SSSR count). The fourth-order valence-corrected chi connectivity index (χ4v) is 2.24. The minimum atomic E-state index is -0.162. The highest BCUT2D eigenvalue weighted by Gasteiger charge is 2.21. The summed E-state index contributed by atoms with van der Waals surface area (Å²) in [6.45, 7) is 0.788. The van der Waals surface area contributed by atoms with Crippen molar-refractivity contribution in [2.75, 3.05) is 11.9 Å². The molecule has 1 aliphatic carbocycles. The molecule has 5 heteroatoms. The first-order valence-corrected chi connectivity index (χ1v) is 7.66. The molecule has 21 heavy (non-hydrogen) atoms. The number of nitrogens with zero attached hydrogens (tertiary/aromatic N) is 1. The van der Waals surface area contributed by atoms with E-state index in [0.717, 1.165) is 24.0 Å². The molecule has 0 bridgehead atoms. The highest BCUT2D eigenvalue weighted by molar-refractivity contribution is 9.10. The maximum Gasteiger partial charge on any atom is 0.255 e. The van der Waals surface area contributed by atoms with Crippen LogP contribution in [0.1, 0.15) is 23.2 Å². The number of benzene rings is 1. The number of rotatable bonds is 5. The number of anilines is 1. The zero-order valence-electron chi connectivity index (χ0n) is 11.4. The number of nitrogens with one attached hydrogen (secondary N) is 1. The Morgan fingerprint density at radius 1 is 1.29 bits per heavy atom. The number of hydrogen-bond donors (Lipinski definition) is 1. The average Bonchev–Trinajstić information content (AvgIpc) is 3.31. The van der Waals surface area contributed by atoms with Crippen molar-refractivity contribution in [3.05, 3.63) is 52.8 Å². The van der Waals surface area contributed by atoms with Gasteiger partial charge in [-0.1, -0.05) is 0 Å². The van der Waals surface area contributed by atoms with Crippen LogP contribution in [0.15, 0.2) is 47.2 Å². The Morgan fingerprint density at radius 3 is 2.71 bits per heavy atom. The zero-order valence-corrected chi connectivity index (χ0v) is 13.0. The van der Waals surface area contributed by atoms with Crippen LogP contribution in [0, 0.1) is 5.92 Å². The first-order chi connectivity index (χ1) is 10.2. The smallest absolute Gasteiger partial charge is 0.255 e. The molecular formula is C16H15BrN2O2. The Hall–Kier alpha value is -1.88. The van der Waals surface area contributed by atoms with E-state index in [4.69, 9.17) is 4.74 Å². The van der Waals surface area contributed by atoms with Gasteiger partial charge in [-0.2, -0.15) is 0 Å². The van der Waals surface area contributed by atoms with Crippen molar-refractivity contribution in [2.45, 2.75) is 12.8 Å². The number of halogens is 1. The Balaban J connectivity index is 1.60. The molecule has 0 spiro atoms. The second-order valence-corrected chi connectivity index (χ2v) is 5.91. The molecule has 1 aromatic heterocycles. The van der Waals surface area contributed by atoms with Crippen LogP contribution in [0.5, 0.6) is 5.75 Å². The Morgan fingerprint density at radius 2 is 2.05 bits per heavy atom. The number of ether oxygens (including phenoxy) is 1. The fourth-order valence-electron chi connectivity index (χ4n) is 1.88. The highest BCUT2D eigenvalue weighted by atomic mass is 79.9. The third-order valence-electron chi connectivity index (χ3n) is 3.28. The first kappa shape index (κ1) is 14.1. The topological polar surface area (TPSA) is 51.2 Å². The van der Waals surface area contributed by atoms with Gasteiger partial charge >= 0.3 is 0 Å². The summed E-state index contributed by atoms with van der Waals surface area (Å²) in [4.78, 5) is 16.1. The summed E-state index contributed by atoms with van der Waals surface area (Å²) in [5.74, 6) is 1.41. The second kappa shape index (κ2) is 6.26. The van der Waals surface area contributed by atoms with Crippen molar-refractivity contribution in [1.82, 2.24) is 4.98 Å². The molecule has 1 saturated carbocycles. The van der Waals surface area contributed by atoms with Gasteiger partial charge in [0, 0.05) is 17.4 Å². The summed E-state index contributed by atoms with van der Waals surface area (Å²) in [6, 6.07) is 10.8. The molecule has 0 unspecified atom stereocenters. The molecule has 0 aliphatic heterocycles. The van der Waals surface area contributed by atoms with Crippen LogP contribution in [0.2, 0.25) is 0 Å². The quantitative estimate of drug-likeness (QED) is 0.835. The van der Waals surface area contributed by atoms with Crippen molar-refractivity contribution in [2.24, 2.45) is 5.92 Å². The Labute approximate surface area is 131 Å². The normalized spacial score (nSPS) is 13.8. The van der Waals surface area contributed by atoms with Crippen LogP contribution in [-0.2, 0) is 0 Å². The van der Waals surface area contributed by atoms with E-state index in [2.05, 4.69) is 26.2 Å². The van der Waals surface area contributed by atoms with E-state index in [-0.39, 0.29) is 5.91 Å². The molecule has 1 amide bonds. The van der Waals surface area contributed by atoms with Gasteiger partial charge in [-0.15, -0.1) is 0 Å². The number of carbonyl (C=O) groups is 1. The summed E-state index contributed by atoms with van der Waals surface area (Å²) in [7, 11) is 0. The standard InChI is InChI=1S/C16H15BrN2O2/c17-15-9-12(7-8-18-15)16(20)19-13-3-5-14(6-4-13)21-10-11-1-2-11/h3-9,11H,1-2,10H2,(H,19,20). The minimum absolute atomic E-state index is 0.162. The van der Waals surface area contributed by atoms with Crippen LogP contribution in [0.3, 0.4) is 0 Å². The van der Waals surface area contributed by atoms with E-state index in [1.165, 1.54) is 12.8 Å². The van der Waals surface area contributed by atoms with Crippen LogP contribution >= 0.6 is 15.9 Å². The van der Waals surface area contributed by atoms with E-state index >= 15 is 0 Å². The number of hydrogen-bond acceptors (Lipinski definition) is 3. The zero-order chi connectivity index (χ0) is 14.7. The predicted octanol–water partition coefficient (Wildman–Crippen LogP) is 3.89. The van der Waals surface area contributed by atoms with Gasteiger partial charge in [-0.3, -0.25) is 4.79 Å². The molecule has 0 atom stereocenters. The maximum absolute atomic E-state index is 12.1. The lowest BCUT2D eigenvalue weighted by Crippen LogP contribution is -2.11. The first-order valence-electron chi connectivity index (χ1n) is 6.86. The highest BCUT2D eigenvalue weighted by Crippen LogP contribution is 2.29. The van der Waals surface area contributed by atoms with Crippen molar-refractivity contribution in [3.8, 4) is 5.75 Å². The van der Waals surface area contributed by atoms with E-state index in [1.807, 2.05) is 24.3 Å². The SMILES string of the molecule is O=C(Nc1ccc(OCC2CC2)cc1)c1ccnc(Br)c1.